The van der Waals surface area contributed by atoms with E-state index < -0.39 is 10.0 Å². The largest absolute Gasteiger partial charge is 0.385 e. The Labute approximate surface area is 107 Å². The van der Waals surface area contributed by atoms with Crippen molar-refractivity contribution in [3.05, 3.63) is 12.4 Å². The van der Waals surface area contributed by atoms with Crippen LogP contribution in [0.2, 0.25) is 0 Å². The average Bonchev–Trinajstić information content (AvgIpc) is 2.39. The molecule has 0 aliphatic rings. The smallest absolute Gasteiger partial charge is 0.245 e. The zero-order valence-corrected chi connectivity index (χ0v) is 11.6. The van der Waals surface area contributed by atoms with Gasteiger partial charge in [0.1, 0.15) is 4.90 Å². The van der Waals surface area contributed by atoms with Crippen molar-refractivity contribution in [1.82, 2.24) is 14.3 Å². The molecule has 1 aromatic rings. The van der Waals surface area contributed by atoms with Crippen molar-refractivity contribution >= 4 is 16.0 Å². The number of aromatic nitrogens is 2. The maximum absolute atomic E-state index is 12.1. The number of hydrogen-bond acceptors (Lipinski definition) is 6. The molecule has 1 heterocycles. The predicted molar refractivity (Wildman–Crippen MR) is 67.9 cm³/mol. The van der Waals surface area contributed by atoms with Crippen LogP contribution in [-0.2, 0) is 14.8 Å². The molecule has 0 atom stereocenters. The van der Waals surface area contributed by atoms with E-state index in [1.165, 1.54) is 23.7 Å². The Kier molecular flexibility index (Phi) is 5.45. The van der Waals surface area contributed by atoms with Gasteiger partial charge in [-0.1, -0.05) is 0 Å². The summed E-state index contributed by atoms with van der Waals surface area (Å²) in [5, 5.41) is 2.73. The van der Waals surface area contributed by atoms with Crippen LogP contribution in [0.1, 0.15) is 6.42 Å². The number of hydrogen-bond donors (Lipinski definition) is 1. The highest BCUT2D eigenvalue weighted by atomic mass is 32.2. The Bertz CT molecular complexity index is 461. The van der Waals surface area contributed by atoms with Gasteiger partial charge in [0.25, 0.3) is 0 Å². The lowest BCUT2D eigenvalue weighted by molar-refractivity contribution is 0.189. The molecule has 0 aromatic carbocycles. The summed E-state index contributed by atoms with van der Waals surface area (Å²) in [6.45, 7) is 0.916. The Morgan fingerprint density at radius 2 is 2.00 bits per heavy atom. The Hall–Kier alpha value is -1.25. The minimum atomic E-state index is -3.52. The highest BCUT2D eigenvalue weighted by Crippen LogP contribution is 2.13. The molecule has 0 saturated heterocycles. The van der Waals surface area contributed by atoms with Crippen molar-refractivity contribution < 1.29 is 13.2 Å². The van der Waals surface area contributed by atoms with Gasteiger partial charge in [-0.3, -0.25) is 0 Å². The second-order valence-electron chi connectivity index (χ2n) is 3.67. The highest BCUT2D eigenvalue weighted by Gasteiger charge is 2.21. The van der Waals surface area contributed by atoms with Crippen molar-refractivity contribution in [1.29, 1.82) is 0 Å². The molecule has 0 radical (unpaired) electrons. The SMILES string of the molecule is CNc1ncc(S(=O)(=O)N(C)CCCOC)cn1. The molecule has 1 rings (SSSR count). The van der Waals surface area contributed by atoms with Crippen LogP contribution in [0.25, 0.3) is 0 Å². The van der Waals surface area contributed by atoms with Gasteiger partial charge in [0.2, 0.25) is 16.0 Å². The van der Waals surface area contributed by atoms with E-state index in [9.17, 15) is 8.42 Å². The van der Waals surface area contributed by atoms with Crippen molar-refractivity contribution in [2.24, 2.45) is 0 Å². The Morgan fingerprint density at radius 1 is 1.39 bits per heavy atom. The van der Waals surface area contributed by atoms with E-state index in [2.05, 4.69) is 15.3 Å². The number of methoxy groups -OCH3 is 1. The number of nitrogens with one attached hydrogen (secondary N) is 1. The van der Waals surface area contributed by atoms with Crippen LogP contribution in [0.4, 0.5) is 5.95 Å². The molecule has 0 aliphatic heterocycles. The van der Waals surface area contributed by atoms with Gasteiger partial charge in [-0.15, -0.1) is 0 Å². The van der Waals surface area contributed by atoms with Crippen molar-refractivity contribution in [3.63, 3.8) is 0 Å². The molecule has 102 valence electrons. The van der Waals surface area contributed by atoms with Gasteiger partial charge < -0.3 is 10.1 Å². The zero-order valence-electron chi connectivity index (χ0n) is 10.8. The van der Waals surface area contributed by atoms with Crippen LogP contribution in [0, 0.1) is 0 Å². The van der Waals surface area contributed by atoms with Crippen molar-refractivity contribution in [3.8, 4) is 0 Å². The molecular formula is C10H18N4O3S. The summed E-state index contributed by atoms with van der Waals surface area (Å²) in [4.78, 5) is 7.86. The molecule has 8 heteroatoms. The molecule has 0 spiro atoms. The van der Waals surface area contributed by atoms with E-state index >= 15 is 0 Å². The summed E-state index contributed by atoms with van der Waals surface area (Å²) in [5.74, 6) is 0.385. The van der Waals surface area contributed by atoms with Gasteiger partial charge in [-0.25, -0.2) is 22.7 Å². The quantitative estimate of drug-likeness (QED) is 0.714. The molecule has 1 N–H and O–H groups in total. The monoisotopic (exact) mass is 274 g/mol. The lowest BCUT2D eigenvalue weighted by atomic mass is 10.5. The fraction of sp³-hybridized carbons (Fsp3) is 0.600. The molecule has 0 bridgehead atoms. The van der Waals surface area contributed by atoms with E-state index in [4.69, 9.17) is 4.74 Å². The number of nitrogens with zero attached hydrogens (tertiary/aromatic N) is 3. The molecule has 0 unspecified atom stereocenters. The Morgan fingerprint density at radius 3 is 2.50 bits per heavy atom. The number of sulfonamides is 1. The molecule has 18 heavy (non-hydrogen) atoms. The number of ether oxygens (including phenoxy) is 1. The van der Waals surface area contributed by atoms with Gasteiger partial charge in [0.05, 0.1) is 12.4 Å². The second kappa shape index (κ2) is 6.62. The normalized spacial score (nSPS) is 11.8. The maximum Gasteiger partial charge on any atom is 0.245 e. The first-order valence-corrected chi connectivity index (χ1v) is 6.91. The van der Waals surface area contributed by atoms with Crippen LogP contribution in [0.15, 0.2) is 17.3 Å². The first-order chi connectivity index (χ1) is 8.52. The summed E-state index contributed by atoms with van der Waals surface area (Å²) >= 11 is 0. The third kappa shape index (κ3) is 3.62. The first kappa shape index (κ1) is 14.8. The van der Waals surface area contributed by atoms with Crippen LogP contribution in [0.3, 0.4) is 0 Å². The van der Waals surface area contributed by atoms with E-state index in [-0.39, 0.29) is 4.90 Å². The number of anilines is 1. The zero-order chi connectivity index (χ0) is 13.6. The van der Waals surface area contributed by atoms with E-state index in [0.717, 1.165) is 0 Å². The summed E-state index contributed by atoms with van der Waals surface area (Å²) < 4.78 is 30.4. The predicted octanol–water partition coefficient (Wildman–Crippen LogP) is 0.175. The fourth-order valence-corrected chi connectivity index (χ4v) is 2.41. The Balaban J connectivity index is 2.77. The van der Waals surface area contributed by atoms with E-state index in [1.807, 2.05) is 0 Å². The molecule has 0 fully saturated rings. The lowest BCUT2D eigenvalue weighted by Crippen LogP contribution is -2.28. The van der Waals surface area contributed by atoms with Gasteiger partial charge >= 0.3 is 0 Å². The van der Waals surface area contributed by atoms with Crippen molar-refractivity contribution in [2.75, 3.05) is 39.7 Å². The third-order valence-electron chi connectivity index (χ3n) is 2.38. The fourth-order valence-electron chi connectivity index (χ4n) is 1.31. The first-order valence-electron chi connectivity index (χ1n) is 5.47. The summed E-state index contributed by atoms with van der Waals surface area (Å²) in [6, 6.07) is 0. The van der Waals surface area contributed by atoms with Crippen LogP contribution in [0.5, 0.6) is 0 Å². The summed E-state index contributed by atoms with van der Waals surface area (Å²) in [7, 11) is 1.25. The van der Waals surface area contributed by atoms with Gasteiger partial charge in [0, 0.05) is 34.4 Å². The minimum Gasteiger partial charge on any atom is -0.385 e. The molecule has 0 amide bonds. The van der Waals surface area contributed by atoms with Gasteiger partial charge in [0.15, 0.2) is 0 Å². The molecule has 0 saturated carbocycles. The van der Waals surface area contributed by atoms with Crippen LogP contribution < -0.4 is 5.32 Å². The molecule has 1 aromatic heterocycles. The van der Waals surface area contributed by atoms with E-state index in [0.29, 0.717) is 25.5 Å². The summed E-state index contributed by atoms with van der Waals surface area (Å²) in [6.07, 6.45) is 3.23. The topological polar surface area (TPSA) is 84.4 Å². The minimum absolute atomic E-state index is 0.0846. The van der Waals surface area contributed by atoms with Gasteiger partial charge in [-0.05, 0) is 6.42 Å². The summed E-state index contributed by atoms with van der Waals surface area (Å²) in [5.41, 5.74) is 0. The van der Waals surface area contributed by atoms with Crippen LogP contribution >= 0.6 is 0 Å². The number of rotatable bonds is 7. The molecular weight excluding hydrogens is 256 g/mol. The van der Waals surface area contributed by atoms with Crippen molar-refractivity contribution in [2.45, 2.75) is 11.3 Å². The van der Waals surface area contributed by atoms with Gasteiger partial charge in [-0.2, -0.15) is 0 Å². The standard InChI is InChI=1S/C10H18N4O3S/c1-11-10-12-7-9(8-13-10)18(15,16)14(2)5-4-6-17-3/h7-8H,4-6H2,1-3H3,(H,11,12,13). The van der Waals surface area contributed by atoms with E-state index in [1.54, 1.807) is 14.2 Å². The molecule has 0 aliphatic carbocycles. The second-order valence-corrected chi connectivity index (χ2v) is 5.71. The maximum atomic E-state index is 12.1. The van der Waals surface area contributed by atoms with Crippen LogP contribution in [-0.4, -0.2) is 57.0 Å². The lowest BCUT2D eigenvalue weighted by Gasteiger charge is -2.16. The highest BCUT2D eigenvalue weighted by molar-refractivity contribution is 7.89. The third-order valence-corrected chi connectivity index (χ3v) is 4.19. The molecule has 7 nitrogen and oxygen atoms in total. The average molecular weight is 274 g/mol.